The molecule has 0 aliphatic rings. The van der Waals surface area contributed by atoms with Gasteiger partial charge >= 0.3 is 0 Å². The summed E-state index contributed by atoms with van der Waals surface area (Å²) in [5.41, 5.74) is 15.0. The highest BCUT2D eigenvalue weighted by Crippen LogP contribution is 2.23. The predicted molar refractivity (Wildman–Crippen MR) is 149 cm³/mol. The molecule has 3 aromatic carbocycles. The predicted octanol–water partition coefficient (Wildman–Crippen LogP) is 5.34. The van der Waals surface area contributed by atoms with Crippen LogP contribution in [0.1, 0.15) is 28.7 Å². The molecule has 0 unspecified atom stereocenters. The fraction of sp³-hybridized carbons (Fsp3) is 0.103. The summed E-state index contributed by atoms with van der Waals surface area (Å²) in [6.45, 7) is 4.02. The monoisotopic (exact) mass is 511 g/mol. The third-order valence-corrected chi connectivity index (χ3v) is 6.11. The van der Waals surface area contributed by atoms with Gasteiger partial charge in [-0.05, 0) is 49.1 Å². The molecule has 0 bridgehead atoms. The number of nitrogens with zero attached hydrogens (tertiary/aromatic N) is 3. The zero-order valence-electron chi connectivity index (χ0n) is 20.5. The van der Waals surface area contributed by atoms with Crippen molar-refractivity contribution in [3.63, 3.8) is 0 Å². The average molecular weight is 512 g/mol. The molecule has 2 heterocycles. The van der Waals surface area contributed by atoms with E-state index in [1.807, 2.05) is 86.6 Å². The van der Waals surface area contributed by atoms with Gasteiger partial charge in [0.1, 0.15) is 0 Å². The van der Waals surface area contributed by atoms with Crippen molar-refractivity contribution in [2.45, 2.75) is 20.3 Å². The number of nitrogens with two attached hydrogens (primary N) is 2. The van der Waals surface area contributed by atoms with E-state index in [-0.39, 0.29) is 17.1 Å². The van der Waals surface area contributed by atoms with E-state index in [1.165, 1.54) is 6.20 Å². The van der Waals surface area contributed by atoms with Gasteiger partial charge in [0.05, 0.1) is 22.3 Å². The molecule has 0 aliphatic heterocycles. The van der Waals surface area contributed by atoms with E-state index >= 15 is 0 Å². The van der Waals surface area contributed by atoms with Crippen molar-refractivity contribution in [1.29, 1.82) is 0 Å². The summed E-state index contributed by atoms with van der Waals surface area (Å²) in [5.74, 6) is -0.626. The van der Waals surface area contributed by atoms with Crippen LogP contribution in [0, 0.1) is 6.92 Å². The van der Waals surface area contributed by atoms with Gasteiger partial charge in [-0.25, -0.2) is 9.97 Å². The number of halogens is 1. The second-order valence-corrected chi connectivity index (χ2v) is 8.80. The SMILES string of the molecule is CCc1cc2cccc(Cl)c2c(=O)n1-c1ccccc1.Cc1cccc(-c2cnc(N)c(C(N)=O)n2)c1. The van der Waals surface area contributed by atoms with E-state index in [0.29, 0.717) is 16.1 Å². The summed E-state index contributed by atoms with van der Waals surface area (Å²) in [5, 5.41) is 1.97. The molecule has 5 rings (SSSR count). The summed E-state index contributed by atoms with van der Waals surface area (Å²) < 4.78 is 1.74. The van der Waals surface area contributed by atoms with Gasteiger partial charge in [-0.1, -0.05) is 72.6 Å². The minimum atomic E-state index is -0.676. The number of para-hydroxylation sites is 1. The minimum absolute atomic E-state index is 0.00371. The van der Waals surface area contributed by atoms with Crippen LogP contribution < -0.4 is 17.0 Å². The number of carbonyl (C=O) groups excluding carboxylic acids is 1. The Morgan fingerprint density at radius 2 is 1.73 bits per heavy atom. The van der Waals surface area contributed by atoms with E-state index in [1.54, 1.807) is 10.6 Å². The number of amides is 1. The Balaban J connectivity index is 0.000000176. The zero-order chi connectivity index (χ0) is 26.5. The Kier molecular flexibility index (Phi) is 7.65. The lowest BCUT2D eigenvalue weighted by atomic mass is 10.1. The highest BCUT2D eigenvalue weighted by molar-refractivity contribution is 6.35. The van der Waals surface area contributed by atoms with Gasteiger partial charge in [-0.3, -0.25) is 14.2 Å². The zero-order valence-corrected chi connectivity index (χ0v) is 21.2. The average Bonchev–Trinajstić information content (AvgIpc) is 2.89. The molecule has 0 spiro atoms. The Bertz CT molecular complexity index is 1650. The lowest BCUT2D eigenvalue weighted by molar-refractivity contribution is 0.0996. The second-order valence-electron chi connectivity index (χ2n) is 8.39. The standard InChI is InChI=1S/C17H14ClNO.C12H12N4O/c1-2-13-11-12-7-6-10-15(18)16(12)17(20)19(13)14-8-4-3-5-9-14;1-7-3-2-4-8(5-7)9-6-15-11(13)10(16-9)12(14)17/h3-11H,2H2,1H3;2-6H,1H3,(H2,13,15)(H2,14,17). The fourth-order valence-electron chi connectivity index (χ4n) is 4.02. The van der Waals surface area contributed by atoms with Crippen LogP contribution in [0.4, 0.5) is 5.82 Å². The van der Waals surface area contributed by atoms with Crippen molar-refractivity contribution in [3.8, 4) is 16.9 Å². The fourth-order valence-corrected chi connectivity index (χ4v) is 4.28. The van der Waals surface area contributed by atoms with Crippen LogP contribution in [0.15, 0.2) is 89.9 Å². The van der Waals surface area contributed by atoms with Crippen molar-refractivity contribution in [3.05, 3.63) is 117 Å². The molecule has 7 nitrogen and oxygen atoms in total. The number of fused-ring (bicyclic) bond motifs is 1. The van der Waals surface area contributed by atoms with Crippen molar-refractivity contribution >= 4 is 34.1 Å². The number of aryl methyl sites for hydroxylation is 2. The quantitative estimate of drug-likeness (QED) is 0.338. The molecule has 0 fully saturated rings. The molecule has 5 aromatic rings. The van der Waals surface area contributed by atoms with E-state index in [0.717, 1.165) is 34.3 Å². The highest BCUT2D eigenvalue weighted by atomic mass is 35.5. The van der Waals surface area contributed by atoms with Crippen LogP contribution in [-0.4, -0.2) is 20.4 Å². The smallest absolute Gasteiger partial charge is 0.271 e. The van der Waals surface area contributed by atoms with Crippen LogP contribution in [0.3, 0.4) is 0 Å². The number of aromatic nitrogens is 3. The number of rotatable bonds is 4. The highest BCUT2D eigenvalue weighted by Gasteiger charge is 2.12. The summed E-state index contributed by atoms with van der Waals surface area (Å²) in [4.78, 5) is 32.0. The van der Waals surface area contributed by atoms with Gasteiger partial charge in [-0.2, -0.15) is 0 Å². The van der Waals surface area contributed by atoms with E-state index < -0.39 is 5.91 Å². The maximum atomic E-state index is 12.8. The van der Waals surface area contributed by atoms with E-state index in [9.17, 15) is 9.59 Å². The van der Waals surface area contributed by atoms with Gasteiger partial charge in [0.25, 0.3) is 11.5 Å². The lowest BCUT2D eigenvalue weighted by Crippen LogP contribution is -2.22. The minimum Gasteiger partial charge on any atom is -0.382 e. The molecule has 0 saturated heterocycles. The molecule has 0 radical (unpaired) electrons. The van der Waals surface area contributed by atoms with Gasteiger partial charge in [0.15, 0.2) is 11.5 Å². The molecule has 2 aromatic heterocycles. The van der Waals surface area contributed by atoms with Crippen molar-refractivity contribution in [2.75, 3.05) is 5.73 Å². The summed E-state index contributed by atoms with van der Waals surface area (Å²) in [6.07, 6.45) is 2.31. The normalized spacial score (nSPS) is 10.6. The van der Waals surface area contributed by atoms with Crippen LogP contribution in [0.25, 0.3) is 27.7 Å². The number of carbonyl (C=O) groups is 1. The number of benzene rings is 3. The number of anilines is 1. The first-order valence-corrected chi connectivity index (χ1v) is 12.1. The van der Waals surface area contributed by atoms with Gasteiger partial charge < -0.3 is 11.5 Å². The van der Waals surface area contributed by atoms with E-state index in [2.05, 4.69) is 9.97 Å². The number of primary amides is 1. The van der Waals surface area contributed by atoms with Gasteiger partial charge in [-0.15, -0.1) is 0 Å². The van der Waals surface area contributed by atoms with Gasteiger partial charge in [0, 0.05) is 16.9 Å². The van der Waals surface area contributed by atoms with Crippen molar-refractivity contribution in [1.82, 2.24) is 14.5 Å². The molecular formula is C29H26ClN5O2. The number of hydrogen-bond donors (Lipinski definition) is 2. The number of pyridine rings is 1. The first kappa shape index (κ1) is 25.6. The first-order chi connectivity index (χ1) is 17.8. The molecule has 4 N–H and O–H groups in total. The van der Waals surface area contributed by atoms with Crippen LogP contribution in [0.2, 0.25) is 5.02 Å². The summed E-state index contributed by atoms with van der Waals surface area (Å²) in [6, 6.07) is 25.0. The van der Waals surface area contributed by atoms with Crippen LogP contribution >= 0.6 is 11.6 Å². The Hall–Kier alpha value is -4.49. The molecule has 1 amide bonds. The first-order valence-electron chi connectivity index (χ1n) is 11.7. The Labute approximate surface area is 219 Å². The molecular weight excluding hydrogens is 486 g/mol. The number of nitrogen functional groups attached to an aromatic ring is 1. The lowest BCUT2D eigenvalue weighted by Gasteiger charge is -2.14. The second kappa shape index (κ2) is 11.1. The largest absolute Gasteiger partial charge is 0.382 e. The summed E-state index contributed by atoms with van der Waals surface area (Å²) in [7, 11) is 0. The van der Waals surface area contributed by atoms with Crippen molar-refractivity contribution in [2.24, 2.45) is 5.73 Å². The Morgan fingerprint density at radius 3 is 2.41 bits per heavy atom. The van der Waals surface area contributed by atoms with Crippen molar-refractivity contribution < 1.29 is 4.79 Å². The molecule has 0 atom stereocenters. The maximum Gasteiger partial charge on any atom is 0.271 e. The molecule has 0 saturated carbocycles. The molecule has 8 heteroatoms. The summed E-state index contributed by atoms with van der Waals surface area (Å²) >= 11 is 6.20. The topological polar surface area (TPSA) is 117 Å². The molecule has 186 valence electrons. The Morgan fingerprint density at radius 1 is 1.00 bits per heavy atom. The maximum absolute atomic E-state index is 12.8. The molecule has 37 heavy (non-hydrogen) atoms. The third-order valence-electron chi connectivity index (χ3n) is 5.80. The van der Waals surface area contributed by atoms with E-state index in [4.69, 9.17) is 23.1 Å². The van der Waals surface area contributed by atoms with Gasteiger partial charge in [0.2, 0.25) is 0 Å². The van der Waals surface area contributed by atoms with Crippen LogP contribution in [-0.2, 0) is 6.42 Å². The third kappa shape index (κ3) is 5.52. The van der Waals surface area contributed by atoms with Crippen LogP contribution in [0.5, 0.6) is 0 Å². The number of hydrogen-bond acceptors (Lipinski definition) is 5. The molecule has 0 aliphatic carbocycles.